The van der Waals surface area contributed by atoms with E-state index in [1.54, 1.807) is 0 Å². The predicted octanol–water partition coefficient (Wildman–Crippen LogP) is -0.450. The third-order valence-corrected chi connectivity index (χ3v) is 0.668. The molecule has 0 radical (unpaired) electrons. The van der Waals surface area contributed by atoms with Crippen molar-refractivity contribution in [2.45, 2.75) is 13.3 Å². The van der Waals surface area contributed by atoms with E-state index in [2.05, 4.69) is 17.6 Å². The molecule has 0 rings (SSSR count). The van der Waals surface area contributed by atoms with Gasteiger partial charge in [0.1, 0.15) is 6.54 Å². The third-order valence-electron chi connectivity index (χ3n) is 0.668. The van der Waals surface area contributed by atoms with Crippen molar-refractivity contribution in [2.24, 2.45) is 5.10 Å². The molecular weight excluding hydrogens is 104 g/mol. The van der Waals surface area contributed by atoms with Crippen LogP contribution in [0.25, 0.3) is 0 Å². The summed E-state index contributed by atoms with van der Waals surface area (Å²) in [5.41, 5.74) is 0. The summed E-state index contributed by atoms with van der Waals surface area (Å²) in [6.07, 6.45) is 0.837. The minimum Gasteiger partial charge on any atom is -0.606 e. The zero-order valence-electron chi connectivity index (χ0n) is 4.98. The van der Waals surface area contributed by atoms with Crippen molar-refractivity contribution in [3.05, 3.63) is 11.8 Å². The van der Waals surface area contributed by atoms with Gasteiger partial charge in [-0.25, -0.2) is 5.17 Å². The molecule has 0 fully saturated rings. The van der Waals surface area contributed by atoms with Gasteiger partial charge < -0.3 is 5.21 Å². The lowest BCUT2D eigenvalue weighted by Gasteiger charge is -2.10. The lowest BCUT2D eigenvalue weighted by molar-refractivity contribution is -0.854. The zero-order valence-corrected chi connectivity index (χ0v) is 4.98. The fourth-order valence-corrected chi connectivity index (χ4v) is 0.358. The average Bonchev–Trinajstić information content (AvgIpc) is 1.68. The van der Waals surface area contributed by atoms with E-state index in [9.17, 15) is 5.21 Å². The van der Waals surface area contributed by atoms with Gasteiger partial charge in [0.15, 0.2) is 0 Å². The topological polar surface area (TPSA) is 39.9 Å². The van der Waals surface area contributed by atoms with Crippen molar-refractivity contribution in [1.82, 2.24) is 0 Å². The highest BCUT2D eigenvalue weighted by molar-refractivity contribution is 5.45. The van der Waals surface area contributed by atoms with Crippen molar-refractivity contribution < 1.29 is 5.17 Å². The molecule has 0 aromatic carbocycles. The maximum Gasteiger partial charge on any atom is 0.101 e. The molecule has 0 saturated heterocycles. The van der Waals surface area contributed by atoms with E-state index >= 15 is 0 Å². The molecule has 0 spiro atoms. The Morgan fingerprint density at radius 3 is 2.88 bits per heavy atom. The highest BCUT2D eigenvalue weighted by Crippen LogP contribution is 1.60. The SMILES string of the molecule is C=C=N[NH+]([O-])CCC. The van der Waals surface area contributed by atoms with Gasteiger partial charge in [0, 0.05) is 5.87 Å². The van der Waals surface area contributed by atoms with E-state index in [-0.39, 0.29) is 5.17 Å². The number of nitrogens with zero attached hydrogens (tertiary/aromatic N) is 1. The highest BCUT2D eigenvalue weighted by atomic mass is 16.5. The summed E-state index contributed by atoms with van der Waals surface area (Å²) in [5, 5.41) is 13.6. The largest absolute Gasteiger partial charge is 0.606 e. The second kappa shape index (κ2) is 4.53. The Bertz CT molecular complexity index is 96.6. The normalized spacial score (nSPS) is 12.2. The molecule has 46 valence electrons. The van der Waals surface area contributed by atoms with E-state index in [0.29, 0.717) is 6.54 Å². The number of nitrogens with one attached hydrogen (secondary N) is 1. The fraction of sp³-hybridized carbons (Fsp3) is 0.600. The minimum atomic E-state index is -0.137. The highest BCUT2D eigenvalue weighted by Gasteiger charge is 1.84. The van der Waals surface area contributed by atoms with Crippen LogP contribution in [-0.2, 0) is 0 Å². The number of rotatable bonds is 3. The van der Waals surface area contributed by atoms with E-state index in [4.69, 9.17) is 0 Å². The molecule has 0 aliphatic carbocycles. The van der Waals surface area contributed by atoms with Crippen LogP contribution in [0.5, 0.6) is 0 Å². The molecule has 1 unspecified atom stereocenters. The van der Waals surface area contributed by atoms with Crippen LogP contribution in [0.1, 0.15) is 13.3 Å². The summed E-state index contributed by atoms with van der Waals surface area (Å²) in [6, 6.07) is 0. The summed E-state index contributed by atoms with van der Waals surface area (Å²) in [7, 11) is 0. The molecule has 0 aromatic rings. The zero-order chi connectivity index (χ0) is 6.41. The summed E-state index contributed by atoms with van der Waals surface area (Å²) >= 11 is 0. The van der Waals surface area contributed by atoms with Crippen molar-refractivity contribution >= 4 is 5.87 Å². The van der Waals surface area contributed by atoms with Crippen LogP contribution in [0.4, 0.5) is 0 Å². The van der Waals surface area contributed by atoms with Crippen LogP contribution >= 0.6 is 0 Å². The molecule has 0 aliphatic rings. The Kier molecular flexibility index (Phi) is 4.17. The molecule has 0 amide bonds. The molecule has 3 nitrogen and oxygen atoms in total. The van der Waals surface area contributed by atoms with E-state index in [1.807, 2.05) is 6.92 Å². The van der Waals surface area contributed by atoms with Crippen molar-refractivity contribution in [3.63, 3.8) is 0 Å². The van der Waals surface area contributed by atoms with Gasteiger partial charge in [-0.15, -0.1) is 0 Å². The van der Waals surface area contributed by atoms with Gasteiger partial charge in [0.2, 0.25) is 0 Å². The molecule has 1 N–H and O–H groups in total. The Labute approximate surface area is 48.9 Å². The van der Waals surface area contributed by atoms with Crippen molar-refractivity contribution in [1.29, 1.82) is 0 Å². The molecule has 8 heavy (non-hydrogen) atoms. The quantitative estimate of drug-likeness (QED) is 0.392. The maximum absolute atomic E-state index is 10.4. The molecule has 0 saturated carbocycles. The van der Waals surface area contributed by atoms with Crippen LogP contribution in [-0.4, -0.2) is 12.4 Å². The number of hydrogen-bond acceptors (Lipinski definition) is 2. The van der Waals surface area contributed by atoms with E-state index in [1.165, 1.54) is 0 Å². The van der Waals surface area contributed by atoms with Gasteiger partial charge in [0.05, 0.1) is 0 Å². The molecule has 0 bridgehead atoms. The van der Waals surface area contributed by atoms with E-state index in [0.717, 1.165) is 6.42 Å². The molecule has 0 aromatic heterocycles. The lowest BCUT2D eigenvalue weighted by Crippen LogP contribution is -3.02. The molecule has 0 aliphatic heterocycles. The number of hydroxylamine groups is 1. The monoisotopic (exact) mass is 114 g/mol. The summed E-state index contributed by atoms with van der Waals surface area (Å²) < 4.78 is 0. The Morgan fingerprint density at radius 1 is 1.88 bits per heavy atom. The Hall–Kier alpha value is -0.630. The Morgan fingerprint density at radius 2 is 2.50 bits per heavy atom. The molecule has 3 heteroatoms. The minimum absolute atomic E-state index is 0.137. The van der Waals surface area contributed by atoms with Crippen LogP contribution in [0.2, 0.25) is 0 Å². The first kappa shape index (κ1) is 7.37. The van der Waals surface area contributed by atoms with Crippen molar-refractivity contribution in [3.8, 4) is 0 Å². The van der Waals surface area contributed by atoms with Gasteiger partial charge in [-0.2, -0.15) is 0 Å². The maximum atomic E-state index is 10.4. The number of quaternary nitrogens is 1. The second-order valence-electron chi connectivity index (χ2n) is 1.41. The summed E-state index contributed by atoms with van der Waals surface area (Å²) in [4.78, 5) is 0. The van der Waals surface area contributed by atoms with Crippen LogP contribution in [0.15, 0.2) is 11.7 Å². The standard InChI is InChI=1S/C5H10N2O/c1-3-5-7(8)6-4-2/h7H,2-3,5H2,1H3. The second-order valence-corrected chi connectivity index (χ2v) is 1.41. The van der Waals surface area contributed by atoms with Crippen LogP contribution < -0.4 is 5.17 Å². The lowest BCUT2D eigenvalue weighted by atomic mass is 10.5. The third kappa shape index (κ3) is 3.56. The van der Waals surface area contributed by atoms with Gasteiger partial charge in [0.25, 0.3) is 0 Å². The van der Waals surface area contributed by atoms with Gasteiger partial charge in [-0.1, -0.05) is 6.92 Å². The average molecular weight is 114 g/mol. The van der Waals surface area contributed by atoms with Crippen molar-refractivity contribution in [2.75, 3.05) is 6.54 Å². The first-order valence-corrected chi connectivity index (χ1v) is 2.57. The van der Waals surface area contributed by atoms with Gasteiger partial charge >= 0.3 is 0 Å². The summed E-state index contributed by atoms with van der Waals surface area (Å²) in [6.45, 7) is 5.60. The summed E-state index contributed by atoms with van der Waals surface area (Å²) in [5.74, 6) is 2.18. The van der Waals surface area contributed by atoms with Gasteiger partial charge in [-0.3, -0.25) is 0 Å². The molecule has 0 heterocycles. The first-order chi connectivity index (χ1) is 3.81. The molecule has 1 atom stereocenters. The first-order valence-electron chi connectivity index (χ1n) is 2.57. The van der Waals surface area contributed by atoms with Crippen LogP contribution in [0, 0.1) is 5.21 Å². The molecular formula is C5H10N2O. The number of hydrogen-bond donors (Lipinski definition) is 1. The van der Waals surface area contributed by atoms with Gasteiger partial charge in [-0.05, 0) is 18.1 Å². The predicted molar refractivity (Wildman–Crippen MR) is 32.5 cm³/mol. The fourth-order valence-electron chi connectivity index (χ4n) is 0.358. The van der Waals surface area contributed by atoms with Crippen LogP contribution in [0.3, 0.4) is 0 Å². The Balaban J connectivity index is 3.31. The van der Waals surface area contributed by atoms with E-state index < -0.39 is 0 Å². The smallest absolute Gasteiger partial charge is 0.101 e.